The highest BCUT2D eigenvalue weighted by Crippen LogP contribution is 2.35. The van der Waals surface area contributed by atoms with Gasteiger partial charge in [-0.1, -0.05) is 94.1 Å². The Labute approximate surface area is 162 Å². The molecule has 4 rings (SSSR count). The number of aromatic amines is 1. The van der Waals surface area contributed by atoms with E-state index in [4.69, 9.17) is 0 Å². The van der Waals surface area contributed by atoms with Crippen LogP contribution in [0, 0.1) is 0 Å². The quantitative estimate of drug-likeness (QED) is 0.308. The van der Waals surface area contributed by atoms with Gasteiger partial charge in [-0.05, 0) is 35.4 Å². The maximum atomic E-state index is 4.08. The Hall–Kier alpha value is -2.54. The fraction of sp³-hybridized carbons (Fsp3) is 0.308. The first-order chi connectivity index (χ1) is 13.3. The van der Waals surface area contributed by atoms with Gasteiger partial charge in [-0.2, -0.15) is 0 Å². The molecule has 0 bridgehead atoms. The lowest BCUT2D eigenvalue weighted by Crippen LogP contribution is -1.94. The molecule has 0 radical (unpaired) electrons. The molecule has 0 amide bonds. The zero-order chi connectivity index (χ0) is 18.6. The molecule has 0 aliphatic carbocycles. The van der Waals surface area contributed by atoms with Crippen LogP contribution < -0.4 is 0 Å². The van der Waals surface area contributed by atoms with Gasteiger partial charge in [0, 0.05) is 21.7 Å². The molecule has 1 aromatic heterocycles. The van der Waals surface area contributed by atoms with Gasteiger partial charge in [0.25, 0.3) is 0 Å². The summed E-state index contributed by atoms with van der Waals surface area (Å²) >= 11 is 0. The first kappa shape index (κ1) is 17.9. The number of benzene rings is 3. The van der Waals surface area contributed by atoms with E-state index in [1.54, 1.807) is 0 Å². The lowest BCUT2D eigenvalue weighted by Gasteiger charge is -2.12. The highest BCUT2D eigenvalue weighted by atomic mass is 14.7. The summed E-state index contributed by atoms with van der Waals surface area (Å²) in [6.07, 6.45) is 11.1. The van der Waals surface area contributed by atoms with Crippen molar-refractivity contribution >= 4 is 38.7 Å². The fourth-order valence-electron chi connectivity index (χ4n) is 4.37. The molecule has 0 aliphatic heterocycles. The van der Waals surface area contributed by atoms with Crippen molar-refractivity contribution in [1.82, 2.24) is 4.98 Å². The minimum atomic E-state index is 1.12. The van der Waals surface area contributed by atoms with Gasteiger partial charge in [0.15, 0.2) is 0 Å². The minimum Gasteiger partial charge on any atom is -0.354 e. The van der Waals surface area contributed by atoms with E-state index in [1.807, 2.05) is 6.08 Å². The molecule has 27 heavy (non-hydrogen) atoms. The summed E-state index contributed by atoms with van der Waals surface area (Å²) in [4.78, 5) is 3.70. The van der Waals surface area contributed by atoms with E-state index in [2.05, 4.69) is 67.0 Å². The predicted molar refractivity (Wildman–Crippen MR) is 120 cm³/mol. The van der Waals surface area contributed by atoms with Crippen molar-refractivity contribution < 1.29 is 0 Å². The average molecular weight is 356 g/mol. The molecule has 0 aliphatic rings. The minimum absolute atomic E-state index is 1.12. The zero-order valence-electron chi connectivity index (χ0n) is 16.4. The van der Waals surface area contributed by atoms with Crippen LogP contribution in [0.4, 0.5) is 0 Å². The molecule has 0 saturated heterocycles. The van der Waals surface area contributed by atoms with Gasteiger partial charge in [0.05, 0.1) is 5.52 Å². The van der Waals surface area contributed by atoms with Gasteiger partial charge >= 0.3 is 0 Å². The number of hydrogen-bond donors (Lipinski definition) is 1. The van der Waals surface area contributed by atoms with E-state index in [0.29, 0.717) is 0 Å². The van der Waals surface area contributed by atoms with E-state index >= 15 is 0 Å². The summed E-state index contributed by atoms with van der Waals surface area (Å²) in [5.41, 5.74) is 5.23. The smallest absolute Gasteiger partial charge is 0.0547 e. The van der Waals surface area contributed by atoms with Crippen molar-refractivity contribution in [2.24, 2.45) is 0 Å². The van der Waals surface area contributed by atoms with Gasteiger partial charge in [-0.25, -0.2) is 0 Å². The molecule has 0 fully saturated rings. The molecule has 1 nitrogen and oxygen atoms in total. The number of aromatic nitrogens is 1. The molecule has 1 heteroatoms. The van der Waals surface area contributed by atoms with Crippen LogP contribution in [0.15, 0.2) is 55.1 Å². The standard InChI is InChI=1S/C26H29N/c1-3-5-6-7-8-9-12-21-19(4-2)15-16-20-17-18-23-22-13-10-11-14-24(22)27-26(23)25(20)21/h4,10-11,13-18,27H,2-3,5-9,12H2,1H3. The van der Waals surface area contributed by atoms with Crippen molar-refractivity contribution in [1.29, 1.82) is 0 Å². The van der Waals surface area contributed by atoms with Crippen LogP contribution in [-0.4, -0.2) is 4.98 Å². The maximum Gasteiger partial charge on any atom is 0.0547 e. The first-order valence-electron chi connectivity index (χ1n) is 10.4. The Kier molecular flexibility index (Phi) is 5.29. The SMILES string of the molecule is C=Cc1ccc2ccc3c4ccccc4[nH]c3c2c1CCCCCCCC. The second-order valence-electron chi connectivity index (χ2n) is 7.61. The fourth-order valence-corrected chi connectivity index (χ4v) is 4.37. The largest absolute Gasteiger partial charge is 0.354 e. The highest BCUT2D eigenvalue weighted by Gasteiger charge is 2.12. The van der Waals surface area contributed by atoms with Gasteiger partial charge in [0.2, 0.25) is 0 Å². The monoisotopic (exact) mass is 355 g/mol. The number of fused-ring (bicyclic) bond motifs is 5. The van der Waals surface area contributed by atoms with E-state index in [-0.39, 0.29) is 0 Å². The topological polar surface area (TPSA) is 15.8 Å². The van der Waals surface area contributed by atoms with Gasteiger partial charge in [-0.15, -0.1) is 0 Å². The van der Waals surface area contributed by atoms with Crippen LogP contribution >= 0.6 is 0 Å². The Morgan fingerprint density at radius 1 is 0.852 bits per heavy atom. The van der Waals surface area contributed by atoms with Gasteiger partial charge in [0.1, 0.15) is 0 Å². The molecule has 0 spiro atoms. The van der Waals surface area contributed by atoms with Crippen LogP contribution in [-0.2, 0) is 6.42 Å². The number of nitrogens with one attached hydrogen (secondary N) is 1. The molecule has 138 valence electrons. The number of para-hydroxylation sites is 1. The van der Waals surface area contributed by atoms with Crippen molar-refractivity contribution in [3.05, 3.63) is 66.2 Å². The van der Waals surface area contributed by atoms with E-state index in [9.17, 15) is 0 Å². The Balaban J connectivity index is 1.78. The second-order valence-corrected chi connectivity index (χ2v) is 7.61. The lowest BCUT2D eigenvalue weighted by atomic mass is 9.93. The molecule has 0 unspecified atom stereocenters. The number of hydrogen-bond acceptors (Lipinski definition) is 0. The van der Waals surface area contributed by atoms with Crippen LogP contribution in [0.25, 0.3) is 38.7 Å². The number of aryl methyl sites for hydroxylation is 1. The molecule has 1 N–H and O–H groups in total. The second kappa shape index (κ2) is 8.00. The van der Waals surface area contributed by atoms with Crippen molar-refractivity contribution in [3.8, 4) is 0 Å². The van der Waals surface area contributed by atoms with E-state index in [1.165, 1.54) is 82.2 Å². The Morgan fingerprint density at radius 3 is 2.48 bits per heavy atom. The third-order valence-corrected chi connectivity index (χ3v) is 5.81. The summed E-state index contributed by atoms with van der Waals surface area (Å²) in [5, 5.41) is 5.34. The molecule has 0 atom stereocenters. The third-order valence-electron chi connectivity index (χ3n) is 5.81. The zero-order valence-corrected chi connectivity index (χ0v) is 16.4. The molecule has 4 aromatic rings. The van der Waals surface area contributed by atoms with Gasteiger partial charge < -0.3 is 4.98 Å². The molecule has 0 saturated carbocycles. The summed E-state index contributed by atoms with van der Waals surface area (Å²) in [6.45, 7) is 6.36. The highest BCUT2D eigenvalue weighted by molar-refractivity contribution is 6.18. The van der Waals surface area contributed by atoms with E-state index < -0.39 is 0 Å². The maximum absolute atomic E-state index is 4.08. The molecular formula is C26H29N. The molecule has 1 heterocycles. The van der Waals surface area contributed by atoms with Crippen molar-refractivity contribution in [2.75, 3.05) is 0 Å². The normalized spacial score (nSPS) is 11.6. The first-order valence-corrected chi connectivity index (χ1v) is 10.4. The van der Waals surface area contributed by atoms with E-state index in [0.717, 1.165) is 6.42 Å². The Bertz CT molecular complexity index is 1080. The van der Waals surface area contributed by atoms with Crippen LogP contribution in [0.3, 0.4) is 0 Å². The lowest BCUT2D eigenvalue weighted by molar-refractivity contribution is 0.608. The van der Waals surface area contributed by atoms with Crippen LogP contribution in [0.5, 0.6) is 0 Å². The predicted octanol–water partition coefficient (Wildman–Crippen LogP) is 8.02. The van der Waals surface area contributed by atoms with Crippen LogP contribution in [0.2, 0.25) is 0 Å². The number of rotatable bonds is 8. The summed E-state index contributed by atoms with van der Waals surface area (Å²) < 4.78 is 0. The number of H-pyrrole nitrogens is 1. The average Bonchev–Trinajstić information content (AvgIpc) is 3.09. The van der Waals surface area contributed by atoms with Crippen LogP contribution in [0.1, 0.15) is 56.6 Å². The number of unbranched alkanes of at least 4 members (excludes halogenated alkanes) is 5. The molecule has 3 aromatic carbocycles. The van der Waals surface area contributed by atoms with Crippen molar-refractivity contribution in [3.63, 3.8) is 0 Å². The summed E-state index contributed by atoms with van der Waals surface area (Å²) in [7, 11) is 0. The molecular weight excluding hydrogens is 326 g/mol. The Morgan fingerprint density at radius 2 is 1.63 bits per heavy atom. The third kappa shape index (κ3) is 3.39. The summed E-state index contributed by atoms with van der Waals surface area (Å²) in [5.74, 6) is 0. The van der Waals surface area contributed by atoms with Crippen molar-refractivity contribution in [2.45, 2.75) is 51.9 Å². The summed E-state index contributed by atoms with van der Waals surface area (Å²) in [6, 6.07) is 17.6. The van der Waals surface area contributed by atoms with Gasteiger partial charge in [-0.3, -0.25) is 0 Å².